The molecule has 10 aromatic rings. The fourth-order valence-electron chi connectivity index (χ4n) is 7.69. The van der Waals surface area contributed by atoms with Crippen LogP contribution in [0.3, 0.4) is 0 Å². The average Bonchev–Trinajstić information content (AvgIpc) is 3.77. The molecule has 0 aliphatic rings. The van der Waals surface area contributed by atoms with Crippen molar-refractivity contribution in [3.8, 4) is 55.6 Å². The summed E-state index contributed by atoms with van der Waals surface area (Å²) in [6.07, 6.45) is 1.92. The molecule has 0 saturated carbocycles. The summed E-state index contributed by atoms with van der Waals surface area (Å²) in [5, 5.41) is 5.28. The van der Waals surface area contributed by atoms with Gasteiger partial charge >= 0.3 is 0 Å². The quantitative estimate of drug-likeness (QED) is 0.161. The van der Waals surface area contributed by atoms with Crippen LogP contribution in [0.2, 0.25) is 0 Å². The van der Waals surface area contributed by atoms with Crippen molar-refractivity contribution in [2.45, 2.75) is 6.92 Å². The Morgan fingerprint density at radius 2 is 0.660 bits per heavy atom. The van der Waals surface area contributed by atoms with Crippen LogP contribution in [-0.2, 0) is 0 Å². The summed E-state index contributed by atoms with van der Waals surface area (Å²) in [4.78, 5) is 0. The lowest BCUT2D eigenvalue weighted by Crippen LogP contribution is -1.85. The fourth-order valence-corrected chi connectivity index (χ4v) is 9.82. The lowest BCUT2D eigenvalue weighted by Gasteiger charge is -2.11. The minimum atomic E-state index is 1.15. The van der Waals surface area contributed by atoms with Gasteiger partial charge in [-0.3, -0.25) is 0 Å². The van der Waals surface area contributed by atoms with E-state index in [2.05, 4.69) is 183 Å². The molecule has 2 aromatic heterocycles. The highest BCUT2D eigenvalue weighted by Crippen LogP contribution is 2.40. The van der Waals surface area contributed by atoms with Gasteiger partial charge in [-0.15, -0.1) is 22.7 Å². The number of rotatable bonds is 6. The molecule has 0 bridgehead atoms. The van der Waals surface area contributed by atoms with Gasteiger partial charge in [-0.1, -0.05) is 115 Å². The number of hydrogen-bond donors (Lipinski definition) is 0. The van der Waals surface area contributed by atoms with Gasteiger partial charge in [-0.05, 0) is 141 Å². The molecule has 0 fully saturated rings. The molecule has 0 aliphatic carbocycles. The molecule has 0 unspecified atom stereocenters. The van der Waals surface area contributed by atoms with Gasteiger partial charge in [0.1, 0.15) is 0 Å². The lowest BCUT2D eigenvalue weighted by atomic mass is 9.93. The Labute approximate surface area is 317 Å². The topological polar surface area (TPSA) is 0 Å². The third kappa shape index (κ3) is 5.77. The highest BCUT2D eigenvalue weighted by Gasteiger charge is 2.11. The first-order valence-corrected chi connectivity index (χ1v) is 19.6. The number of fused-ring (bicyclic) bond motifs is 6. The van der Waals surface area contributed by atoms with E-state index in [1.54, 1.807) is 0 Å². The van der Waals surface area contributed by atoms with Crippen molar-refractivity contribution < 1.29 is 0 Å². The molecule has 0 spiro atoms. The number of benzene rings is 8. The average molecular weight is 711 g/mol. The molecule has 2 heterocycles. The molecule has 0 atom stereocenters. The summed E-state index contributed by atoms with van der Waals surface area (Å²) < 4.78 is 5.30. The summed E-state index contributed by atoms with van der Waals surface area (Å²) in [5.41, 5.74) is 14.7. The predicted molar refractivity (Wildman–Crippen MR) is 234 cm³/mol. The Morgan fingerprint density at radius 3 is 1.06 bits per heavy atom. The smallest absolute Gasteiger partial charge is 0.0355 e. The summed E-state index contributed by atoms with van der Waals surface area (Å²) in [6, 6.07) is 63.0. The molecular formula is C51H34S2. The minimum absolute atomic E-state index is 1.15. The van der Waals surface area contributed by atoms with Gasteiger partial charge in [-0.2, -0.15) is 0 Å². The van der Waals surface area contributed by atoms with Gasteiger partial charge < -0.3 is 0 Å². The van der Waals surface area contributed by atoms with E-state index in [9.17, 15) is 0 Å². The molecular weight excluding hydrogens is 677 g/mol. The van der Waals surface area contributed by atoms with Gasteiger partial charge in [0, 0.05) is 40.3 Å². The van der Waals surface area contributed by atoms with Crippen LogP contribution < -0.4 is 0 Å². The molecule has 8 aromatic carbocycles. The number of aryl methyl sites for hydroxylation is 1. The van der Waals surface area contributed by atoms with Crippen molar-refractivity contribution in [1.82, 2.24) is 0 Å². The Bertz CT molecular complexity index is 3040. The molecule has 0 aliphatic heterocycles. The van der Waals surface area contributed by atoms with Crippen LogP contribution in [0.25, 0.3) is 102 Å². The Morgan fingerprint density at radius 1 is 0.340 bits per heavy atom. The van der Waals surface area contributed by atoms with Crippen LogP contribution in [0.4, 0.5) is 0 Å². The van der Waals surface area contributed by atoms with E-state index < -0.39 is 0 Å². The van der Waals surface area contributed by atoms with Gasteiger partial charge in [-0.25, -0.2) is 0 Å². The molecule has 10 rings (SSSR count). The van der Waals surface area contributed by atoms with Crippen LogP contribution in [0.5, 0.6) is 0 Å². The van der Waals surface area contributed by atoms with Crippen LogP contribution >= 0.6 is 22.7 Å². The second-order valence-electron chi connectivity index (χ2n) is 13.9. The Kier molecular flexibility index (Phi) is 7.68. The van der Waals surface area contributed by atoms with Crippen LogP contribution in [0.15, 0.2) is 176 Å². The maximum atomic E-state index is 3.98. The van der Waals surface area contributed by atoms with E-state index in [4.69, 9.17) is 0 Å². The Balaban J connectivity index is 0.963. The summed E-state index contributed by atoms with van der Waals surface area (Å²) in [6.45, 7) is 6.15. The second kappa shape index (κ2) is 12.9. The van der Waals surface area contributed by atoms with E-state index in [1.807, 2.05) is 28.7 Å². The minimum Gasteiger partial charge on any atom is -0.135 e. The van der Waals surface area contributed by atoms with Crippen molar-refractivity contribution in [2.24, 2.45) is 0 Å². The van der Waals surface area contributed by atoms with Gasteiger partial charge in [0.05, 0.1) is 0 Å². The van der Waals surface area contributed by atoms with Crippen molar-refractivity contribution in [3.63, 3.8) is 0 Å². The van der Waals surface area contributed by atoms with Gasteiger partial charge in [0.15, 0.2) is 0 Å². The standard InChI is InChI=1S/C51H34S2/c1-3-33-17-21-49-45(25-33)47-31-43(19-23-51(47)53-49)41-15-7-13-39(29-41)37-11-5-9-35(27-37)34-8-4-10-36(26-34)38-12-6-14-40(28-38)42-18-22-50-46(30-42)44-24-32(2)16-20-48(44)52-50/h3-31H,1H2,2H3. The third-order valence-corrected chi connectivity index (χ3v) is 12.8. The van der Waals surface area contributed by atoms with Crippen molar-refractivity contribution in [2.75, 3.05) is 0 Å². The van der Waals surface area contributed by atoms with E-state index >= 15 is 0 Å². The first kappa shape index (κ1) is 31.7. The normalized spacial score (nSPS) is 11.6. The van der Waals surface area contributed by atoms with Crippen molar-refractivity contribution in [3.05, 3.63) is 188 Å². The van der Waals surface area contributed by atoms with Crippen molar-refractivity contribution >= 4 is 69.1 Å². The maximum Gasteiger partial charge on any atom is 0.0355 e. The zero-order valence-electron chi connectivity index (χ0n) is 29.3. The molecule has 0 nitrogen and oxygen atoms in total. The van der Waals surface area contributed by atoms with Gasteiger partial charge in [0.2, 0.25) is 0 Å². The summed E-state index contributed by atoms with van der Waals surface area (Å²) in [5.74, 6) is 0. The first-order chi connectivity index (χ1) is 26.1. The zero-order chi connectivity index (χ0) is 35.5. The highest BCUT2D eigenvalue weighted by atomic mass is 32.1. The summed E-state index contributed by atoms with van der Waals surface area (Å²) in [7, 11) is 0. The van der Waals surface area contributed by atoms with Crippen LogP contribution in [-0.4, -0.2) is 0 Å². The summed E-state index contributed by atoms with van der Waals surface area (Å²) >= 11 is 3.72. The van der Waals surface area contributed by atoms with Crippen LogP contribution in [0.1, 0.15) is 11.1 Å². The number of thiophene rings is 2. The predicted octanol–water partition coefficient (Wildman–Crippen LogP) is 15.7. The molecule has 2 heteroatoms. The van der Waals surface area contributed by atoms with E-state index in [0.717, 1.165) is 5.56 Å². The van der Waals surface area contributed by atoms with Gasteiger partial charge in [0.25, 0.3) is 0 Å². The second-order valence-corrected chi connectivity index (χ2v) is 16.1. The first-order valence-electron chi connectivity index (χ1n) is 18.0. The largest absolute Gasteiger partial charge is 0.135 e. The lowest BCUT2D eigenvalue weighted by molar-refractivity contribution is 1.52. The number of hydrogen-bond acceptors (Lipinski definition) is 2. The zero-order valence-corrected chi connectivity index (χ0v) is 30.9. The highest BCUT2D eigenvalue weighted by molar-refractivity contribution is 7.26. The molecule has 0 radical (unpaired) electrons. The van der Waals surface area contributed by atoms with Crippen LogP contribution in [0, 0.1) is 6.92 Å². The molecule has 250 valence electrons. The molecule has 0 amide bonds. The monoisotopic (exact) mass is 710 g/mol. The van der Waals surface area contributed by atoms with E-state index in [1.165, 1.54) is 102 Å². The SMILES string of the molecule is C=Cc1ccc2sc3ccc(-c4cccc(-c5cccc(-c6cccc(-c7cccc(-c8ccc9sc%10ccc(C)cc%10c9c8)c7)c6)c5)c4)cc3c2c1. The maximum absolute atomic E-state index is 3.98. The fraction of sp³-hybridized carbons (Fsp3) is 0.0196. The Hall–Kier alpha value is -6.06. The van der Waals surface area contributed by atoms with E-state index in [-0.39, 0.29) is 0 Å². The third-order valence-electron chi connectivity index (χ3n) is 10.5. The molecule has 53 heavy (non-hydrogen) atoms. The van der Waals surface area contributed by atoms with Crippen molar-refractivity contribution in [1.29, 1.82) is 0 Å². The molecule has 0 N–H and O–H groups in total. The van der Waals surface area contributed by atoms with E-state index in [0.29, 0.717) is 0 Å². The molecule has 0 saturated heterocycles.